The maximum Gasteiger partial charge on any atom is 0.234 e. The lowest BCUT2D eigenvalue weighted by Gasteiger charge is -2.30. The van der Waals surface area contributed by atoms with Crippen molar-refractivity contribution in [2.45, 2.75) is 53.1 Å². The van der Waals surface area contributed by atoms with E-state index in [-0.39, 0.29) is 11.8 Å². The standard InChI is InChI=1S/C17H36N4O3/c1-6-16(22)20-9-12-24-11-8-18-13-17(23)19-7-10-21(14(2)3)15(4)5/h14-15,18H,6-13H2,1-5H3,(H,19,23)(H,20,22). The van der Waals surface area contributed by atoms with Crippen LogP contribution in [0.4, 0.5) is 0 Å². The number of ether oxygens (including phenoxy) is 1. The third-order valence-corrected chi connectivity index (χ3v) is 3.62. The van der Waals surface area contributed by atoms with Crippen molar-refractivity contribution in [3.63, 3.8) is 0 Å². The van der Waals surface area contributed by atoms with Gasteiger partial charge in [0.05, 0.1) is 19.8 Å². The van der Waals surface area contributed by atoms with Crippen molar-refractivity contribution in [3.8, 4) is 0 Å². The van der Waals surface area contributed by atoms with Gasteiger partial charge in [0.25, 0.3) is 0 Å². The Morgan fingerprint density at radius 2 is 1.50 bits per heavy atom. The first-order chi connectivity index (χ1) is 11.4. The van der Waals surface area contributed by atoms with Crippen LogP contribution in [0.5, 0.6) is 0 Å². The number of nitrogens with one attached hydrogen (secondary N) is 3. The van der Waals surface area contributed by atoms with Crippen molar-refractivity contribution >= 4 is 11.8 Å². The Balaban J connectivity index is 3.52. The van der Waals surface area contributed by atoms with E-state index in [1.54, 1.807) is 0 Å². The predicted octanol–water partition coefficient (Wildman–Crippen LogP) is 0.354. The van der Waals surface area contributed by atoms with E-state index in [2.05, 4.69) is 48.5 Å². The van der Waals surface area contributed by atoms with Crippen molar-refractivity contribution < 1.29 is 14.3 Å². The molecule has 24 heavy (non-hydrogen) atoms. The lowest BCUT2D eigenvalue weighted by molar-refractivity contribution is -0.121. The van der Waals surface area contributed by atoms with Gasteiger partial charge in [0.2, 0.25) is 11.8 Å². The second-order valence-electron chi connectivity index (χ2n) is 6.27. The Hall–Kier alpha value is -1.18. The van der Waals surface area contributed by atoms with Crippen LogP contribution in [0, 0.1) is 0 Å². The summed E-state index contributed by atoms with van der Waals surface area (Å²) in [6.45, 7) is 14.4. The molecule has 0 atom stereocenters. The minimum atomic E-state index is -0.00216. The van der Waals surface area contributed by atoms with Gasteiger partial charge in [-0.25, -0.2) is 0 Å². The summed E-state index contributed by atoms with van der Waals surface area (Å²) < 4.78 is 5.36. The second kappa shape index (κ2) is 14.2. The first-order valence-electron chi connectivity index (χ1n) is 8.96. The zero-order valence-corrected chi connectivity index (χ0v) is 16.0. The normalized spacial score (nSPS) is 11.3. The average Bonchev–Trinajstić information content (AvgIpc) is 2.52. The fourth-order valence-corrected chi connectivity index (χ4v) is 2.34. The van der Waals surface area contributed by atoms with Gasteiger partial charge in [0, 0.05) is 44.7 Å². The molecule has 0 saturated carbocycles. The van der Waals surface area contributed by atoms with E-state index in [0.29, 0.717) is 57.9 Å². The van der Waals surface area contributed by atoms with Crippen molar-refractivity contribution in [1.29, 1.82) is 0 Å². The Bertz CT molecular complexity index is 341. The lowest BCUT2D eigenvalue weighted by atomic mass is 10.2. The molecule has 142 valence electrons. The van der Waals surface area contributed by atoms with Crippen LogP contribution < -0.4 is 16.0 Å². The maximum atomic E-state index is 11.7. The summed E-state index contributed by atoms with van der Waals surface area (Å²) in [6.07, 6.45) is 0.489. The van der Waals surface area contributed by atoms with Crippen molar-refractivity contribution in [3.05, 3.63) is 0 Å². The smallest absolute Gasteiger partial charge is 0.234 e. The Morgan fingerprint density at radius 1 is 0.917 bits per heavy atom. The van der Waals surface area contributed by atoms with Crippen molar-refractivity contribution in [2.75, 3.05) is 45.9 Å². The zero-order chi connectivity index (χ0) is 18.4. The largest absolute Gasteiger partial charge is 0.378 e. The minimum Gasteiger partial charge on any atom is -0.378 e. The van der Waals surface area contributed by atoms with E-state index in [0.717, 1.165) is 6.54 Å². The average molecular weight is 345 g/mol. The van der Waals surface area contributed by atoms with E-state index < -0.39 is 0 Å². The molecular formula is C17H36N4O3. The first kappa shape index (κ1) is 22.8. The highest BCUT2D eigenvalue weighted by atomic mass is 16.5. The van der Waals surface area contributed by atoms with Crippen LogP contribution in [0.3, 0.4) is 0 Å². The van der Waals surface area contributed by atoms with E-state index >= 15 is 0 Å². The van der Waals surface area contributed by atoms with Gasteiger partial charge < -0.3 is 20.7 Å². The summed E-state index contributed by atoms with van der Waals surface area (Å²) >= 11 is 0. The Labute approximate surface area is 146 Å². The molecule has 0 fully saturated rings. The highest BCUT2D eigenvalue weighted by Crippen LogP contribution is 2.02. The molecule has 7 heteroatoms. The van der Waals surface area contributed by atoms with E-state index in [4.69, 9.17) is 4.74 Å². The molecule has 2 amide bonds. The van der Waals surface area contributed by atoms with Crippen LogP contribution in [0.15, 0.2) is 0 Å². The topological polar surface area (TPSA) is 82.7 Å². The summed E-state index contributed by atoms with van der Waals surface area (Å²) in [6, 6.07) is 0.943. The number of carbonyl (C=O) groups is 2. The first-order valence-corrected chi connectivity index (χ1v) is 8.96. The monoisotopic (exact) mass is 344 g/mol. The third kappa shape index (κ3) is 12.3. The molecule has 0 aromatic rings. The molecule has 0 aromatic carbocycles. The van der Waals surface area contributed by atoms with Gasteiger partial charge in [-0.15, -0.1) is 0 Å². The highest BCUT2D eigenvalue weighted by Gasteiger charge is 2.12. The molecule has 0 aliphatic rings. The highest BCUT2D eigenvalue weighted by molar-refractivity contribution is 5.77. The van der Waals surface area contributed by atoms with Crippen LogP contribution in [0.2, 0.25) is 0 Å². The number of nitrogens with zero attached hydrogens (tertiary/aromatic N) is 1. The molecule has 0 rings (SSSR count). The molecule has 0 unspecified atom stereocenters. The SMILES string of the molecule is CCC(=O)NCCOCCNCC(=O)NCCN(C(C)C)C(C)C. The Kier molecular flexibility index (Phi) is 13.5. The zero-order valence-electron chi connectivity index (χ0n) is 16.0. The molecule has 3 N–H and O–H groups in total. The Morgan fingerprint density at radius 3 is 2.08 bits per heavy atom. The van der Waals surface area contributed by atoms with Gasteiger partial charge in [-0.05, 0) is 27.7 Å². The number of hydrogen-bond donors (Lipinski definition) is 3. The molecule has 0 aliphatic heterocycles. The molecule has 0 radical (unpaired) electrons. The van der Waals surface area contributed by atoms with Gasteiger partial charge >= 0.3 is 0 Å². The van der Waals surface area contributed by atoms with E-state index in [1.807, 2.05) is 6.92 Å². The molecule has 0 saturated heterocycles. The minimum absolute atomic E-state index is 0.00216. The van der Waals surface area contributed by atoms with Crippen LogP contribution in [0.1, 0.15) is 41.0 Å². The van der Waals surface area contributed by atoms with E-state index in [1.165, 1.54) is 0 Å². The summed E-state index contributed by atoms with van der Waals surface area (Å²) in [4.78, 5) is 25.1. The number of hydrogen-bond acceptors (Lipinski definition) is 5. The van der Waals surface area contributed by atoms with E-state index in [9.17, 15) is 9.59 Å². The van der Waals surface area contributed by atoms with Gasteiger partial charge in [0.1, 0.15) is 0 Å². The maximum absolute atomic E-state index is 11.7. The molecule has 0 bridgehead atoms. The predicted molar refractivity (Wildman–Crippen MR) is 97.0 cm³/mol. The number of rotatable bonds is 14. The van der Waals surface area contributed by atoms with Crippen LogP contribution in [0.25, 0.3) is 0 Å². The second-order valence-corrected chi connectivity index (χ2v) is 6.27. The summed E-state index contributed by atoms with van der Waals surface area (Å²) in [5.41, 5.74) is 0. The molecule has 0 aromatic heterocycles. The molecular weight excluding hydrogens is 308 g/mol. The van der Waals surface area contributed by atoms with Crippen molar-refractivity contribution in [2.24, 2.45) is 0 Å². The van der Waals surface area contributed by atoms with Crippen LogP contribution in [-0.4, -0.2) is 74.7 Å². The van der Waals surface area contributed by atoms with Gasteiger partial charge in [-0.3, -0.25) is 14.5 Å². The summed E-state index contributed by atoms with van der Waals surface area (Å²) in [5, 5.41) is 8.70. The molecule has 0 spiro atoms. The number of carbonyl (C=O) groups excluding carboxylic acids is 2. The van der Waals surface area contributed by atoms with Gasteiger partial charge in [-0.1, -0.05) is 6.92 Å². The lowest BCUT2D eigenvalue weighted by Crippen LogP contribution is -2.44. The fraction of sp³-hybridized carbons (Fsp3) is 0.882. The van der Waals surface area contributed by atoms with Gasteiger partial charge in [-0.2, -0.15) is 0 Å². The molecule has 0 heterocycles. The van der Waals surface area contributed by atoms with Crippen LogP contribution >= 0.6 is 0 Å². The quantitative estimate of drug-likeness (QED) is 0.396. The fourth-order valence-electron chi connectivity index (χ4n) is 2.34. The number of amides is 2. The summed E-state index contributed by atoms with van der Waals surface area (Å²) in [5.74, 6) is 0.0274. The van der Waals surface area contributed by atoms with Crippen LogP contribution in [-0.2, 0) is 14.3 Å². The van der Waals surface area contributed by atoms with Crippen molar-refractivity contribution in [1.82, 2.24) is 20.9 Å². The molecule has 0 aliphatic carbocycles. The molecule has 7 nitrogen and oxygen atoms in total. The van der Waals surface area contributed by atoms with Gasteiger partial charge in [0.15, 0.2) is 0 Å². The summed E-state index contributed by atoms with van der Waals surface area (Å²) in [7, 11) is 0. The third-order valence-electron chi connectivity index (χ3n) is 3.62.